The van der Waals surface area contributed by atoms with E-state index in [0.717, 1.165) is 10.0 Å². The van der Waals surface area contributed by atoms with Gasteiger partial charge in [0.05, 0.1) is 12.6 Å². The van der Waals surface area contributed by atoms with E-state index in [2.05, 4.69) is 40.3 Å². The highest BCUT2D eigenvalue weighted by Gasteiger charge is 2.14. The van der Waals surface area contributed by atoms with Crippen molar-refractivity contribution in [3.05, 3.63) is 70.2 Å². The van der Waals surface area contributed by atoms with Gasteiger partial charge in [0, 0.05) is 10.5 Å². The van der Waals surface area contributed by atoms with Gasteiger partial charge in [-0.2, -0.15) is 0 Å². The number of aliphatic hydroxyl groups excluding tert-OH is 1. The van der Waals surface area contributed by atoms with Crippen LogP contribution >= 0.6 is 15.9 Å². The zero-order valence-corrected chi connectivity index (χ0v) is 12.5. The summed E-state index contributed by atoms with van der Waals surface area (Å²) >= 11 is 3.42. The van der Waals surface area contributed by atoms with Gasteiger partial charge >= 0.3 is 0 Å². The van der Waals surface area contributed by atoms with Crippen molar-refractivity contribution in [2.45, 2.75) is 19.0 Å². The molecule has 0 saturated heterocycles. The molecule has 100 valence electrons. The predicted molar refractivity (Wildman–Crippen MR) is 82.0 cm³/mol. The first-order valence-corrected chi connectivity index (χ1v) is 7.17. The van der Waals surface area contributed by atoms with E-state index < -0.39 is 0 Å². The number of rotatable bonds is 5. The van der Waals surface area contributed by atoms with E-state index in [1.54, 1.807) is 0 Å². The van der Waals surface area contributed by atoms with Crippen molar-refractivity contribution in [3.8, 4) is 0 Å². The van der Waals surface area contributed by atoms with Gasteiger partial charge in [-0.3, -0.25) is 0 Å². The van der Waals surface area contributed by atoms with Crippen molar-refractivity contribution >= 4 is 15.9 Å². The molecule has 0 spiro atoms. The van der Waals surface area contributed by atoms with Crippen molar-refractivity contribution < 1.29 is 5.11 Å². The molecule has 2 nitrogen and oxygen atoms in total. The second-order valence-corrected chi connectivity index (χ2v) is 5.50. The molecular weight excluding hydrogens is 302 g/mol. The average Bonchev–Trinajstić information content (AvgIpc) is 2.46. The number of benzene rings is 2. The fourth-order valence-corrected chi connectivity index (χ4v) is 2.35. The zero-order chi connectivity index (χ0) is 13.7. The zero-order valence-electron chi connectivity index (χ0n) is 10.9. The van der Waals surface area contributed by atoms with Gasteiger partial charge in [-0.05, 0) is 30.2 Å². The van der Waals surface area contributed by atoms with Crippen molar-refractivity contribution in [2.75, 3.05) is 6.61 Å². The van der Waals surface area contributed by atoms with Crippen LogP contribution < -0.4 is 5.32 Å². The SMILES string of the molecule is C[C@@H](N[C@H](CO)c1ccc(Br)cc1)c1ccccc1. The first kappa shape index (κ1) is 14.3. The summed E-state index contributed by atoms with van der Waals surface area (Å²) < 4.78 is 1.05. The number of hydrogen-bond acceptors (Lipinski definition) is 2. The van der Waals surface area contributed by atoms with Gasteiger partial charge in [-0.25, -0.2) is 0 Å². The maximum absolute atomic E-state index is 9.57. The molecule has 19 heavy (non-hydrogen) atoms. The molecule has 0 saturated carbocycles. The highest BCUT2D eigenvalue weighted by Crippen LogP contribution is 2.21. The Morgan fingerprint density at radius 3 is 2.21 bits per heavy atom. The third-order valence-electron chi connectivity index (χ3n) is 3.21. The molecule has 0 aliphatic heterocycles. The molecule has 2 rings (SSSR count). The third-order valence-corrected chi connectivity index (χ3v) is 3.73. The summed E-state index contributed by atoms with van der Waals surface area (Å²) in [4.78, 5) is 0. The second-order valence-electron chi connectivity index (χ2n) is 4.59. The van der Waals surface area contributed by atoms with Gasteiger partial charge in [0.2, 0.25) is 0 Å². The van der Waals surface area contributed by atoms with Gasteiger partial charge in [0.25, 0.3) is 0 Å². The normalized spacial score (nSPS) is 14.1. The molecule has 2 atom stereocenters. The molecule has 0 aliphatic rings. The van der Waals surface area contributed by atoms with E-state index >= 15 is 0 Å². The number of hydrogen-bond donors (Lipinski definition) is 2. The largest absolute Gasteiger partial charge is 0.394 e. The topological polar surface area (TPSA) is 32.3 Å². The molecular formula is C16H18BrNO. The Bertz CT molecular complexity index is 498. The monoisotopic (exact) mass is 319 g/mol. The molecule has 0 bridgehead atoms. The Morgan fingerprint density at radius 2 is 1.63 bits per heavy atom. The van der Waals surface area contributed by atoms with E-state index in [0.29, 0.717) is 0 Å². The summed E-state index contributed by atoms with van der Waals surface area (Å²) in [6.07, 6.45) is 0. The van der Waals surface area contributed by atoms with Crippen molar-refractivity contribution in [2.24, 2.45) is 0 Å². The Balaban J connectivity index is 2.09. The Labute approximate surface area is 122 Å². The van der Waals surface area contributed by atoms with Gasteiger partial charge < -0.3 is 10.4 Å². The molecule has 2 N–H and O–H groups in total. The van der Waals surface area contributed by atoms with Crippen LogP contribution in [-0.2, 0) is 0 Å². The lowest BCUT2D eigenvalue weighted by molar-refractivity contribution is 0.235. The van der Waals surface area contributed by atoms with Crippen LogP contribution in [0, 0.1) is 0 Å². The fraction of sp³-hybridized carbons (Fsp3) is 0.250. The number of halogens is 1. The Morgan fingerprint density at radius 1 is 1.00 bits per heavy atom. The quantitative estimate of drug-likeness (QED) is 0.877. The van der Waals surface area contributed by atoms with Crippen LogP contribution in [0.15, 0.2) is 59.1 Å². The first-order valence-electron chi connectivity index (χ1n) is 6.38. The standard InChI is InChI=1S/C16H18BrNO/c1-12(13-5-3-2-4-6-13)18-16(11-19)14-7-9-15(17)10-8-14/h2-10,12,16,18-19H,11H2,1H3/t12-,16-/m1/s1. The summed E-state index contributed by atoms with van der Waals surface area (Å²) in [5, 5.41) is 13.0. The van der Waals surface area contributed by atoms with Crippen LogP contribution in [0.1, 0.15) is 30.1 Å². The van der Waals surface area contributed by atoms with Gasteiger partial charge in [-0.15, -0.1) is 0 Å². The van der Waals surface area contributed by atoms with Crippen molar-refractivity contribution in [1.29, 1.82) is 0 Å². The lowest BCUT2D eigenvalue weighted by atomic mass is 10.0. The van der Waals surface area contributed by atoms with Crippen LogP contribution in [-0.4, -0.2) is 11.7 Å². The van der Waals surface area contributed by atoms with E-state index in [-0.39, 0.29) is 18.7 Å². The van der Waals surface area contributed by atoms with Gasteiger partial charge in [-0.1, -0.05) is 58.4 Å². The van der Waals surface area contributed by atoms with Crippen LogP contribution in [0.4, 0.5) is 0 Å². The second kappa shape index (κ2) is 6.85. The third kappa shape index (κ3) is 3.90. The smallest absolute Gasteiger partial charge is 0.0626 e. The average molecular weight is 320 g/mol. The van der Waals surface area contributed by atoms with Crippen LogP contribution in [0.2, 0.25) is 0 Å². The number of aliphatic hydroxyl groups is 1. The minimum absolute atomic E-state index is 0.0525. The Hall–Kier alpha value is -1.16. The minimum atomic E-state index is -0.0525. The van der Waals surface area contributed by atoms with E-state index in [4.69, 9.17) is 0 Å². The maximum atomic E-state index is 9.57. The maximum Gasteiger partial charge on any atom is 0.0626 e. The predicted octanol–water partition coefficient (Wildman–Crippen LogP) is 3.83. The summed E-state index contributed by atoms with van der Waals surface area (Å²) in [7, 11) is 0. The molecule has 0 fully saturated rings. The molecule has 0 heterocycles. The first-order chi connectivity index (χ1) is 9.20. The van der Waals surface area contributed by atoms with Crippen molar-refractivity contribution in [1.82, 2.24) is 5.32 Å². The molecule has 0 radical (unpaired) electrons. The van der Waals surface area contributed by atoms with E-state index in [9.17, 15) is 5.11 Å². The highest BCUT2D eigenvalue weighted by molar-refractivity contribution is 9.10. The minimum Gasteiger partial charge on any atom is -0.394 e. The van der Waals surface area contributed by atoms with Crippen molar-refractivity contribution in [3.63, 3.8) is 0 Å². The van der Waals surface area contributed by atoms with Crippen LogP contribution in [0.3, 0.4) is 0 Å². The van der Waals surface area contributed by atoms with Crippen LogP contribution in [0.25, 0.3) is 0 Å². The molecule has 2 aromatic carbocycles. The molecule has 3 heteroatoms. The summed E-state index contributed by atoms with van der Waals surface area (Å²) in [5.41, 5.74) is 2.31. The van der Waals surface area contributed by atoms with E-state index in [1.165, 1.54) is 5.56 Å². The summed E-state index contributed by atoms with van der Waals surface area (Å²) in [6, 6.07) is 18.4. The van der Waals surface area contributed by atoms with Gasteiger partial charge in [0.15, 0.2) is 0 Å². The molecule has 0 amide bonds. The fourth-order valence-electron chi connectivity index (χ4n) is 2.09. The molecule has 0 aromatic heterocycles. The van der Waals surface area contributed by atoms with Crippen LogP contribution in [0.5, 0.6) is 0 Å². The number of nitrogens with one attached hydrogen (secondary N) is 1. The van der Waals surface area contributed by atoms with E-state index in [1.807, 2.05) is 42.5 Å². The molecule has 2 aromatic rings. The Kier molecular flexibility index (Phi) is 5.14. The summed E-state index contributed by atoms with van der Waals surface area (Å²) in [5.74, 6) is 0. The summed E-state index contributed by atoms with van der Waals surface area (Å²) in [6.45, 7) is 2.19. The lowest BCUT2D eigenvalue weighted by Gasteiger charge is -2.22. The highest BCUT2D eigenvalue weighted by atomic mass is 79.9. The lowest BCUT2D eigenvalue weighted by Crippen LogP contribution is -2.27. The van der Waals surface area contributed by atoms with Gasteiger partial charge in [0.1, 0.15) is 0 Å². The molecule has 0 unspecified atom stereocenters. The molecule has 0 aliphatic carbocycles.